The van der Waals surface area contributed by atoms with Crippen molar-refractivity contribution in [2.75, 3.05) is 33.2 Å². The van der Waals surface area contributed by atoms with E-state index in [1.54, 1.807) is 11.3 Å². The number of nitrogens with one attached hydrogen (secondary N) is 1. The van der Waals surface area contributed by atoms with Crippen LogP contribution in [0.2, 0.25) is 0 Å². The summed E-state index contributed by atoms with van der Waals surface area (Å²) in [6.07, 6.45) is 2.51. The smallest absolute Gasteiger partial charge is 0.238 e. The molecule has 1 aromatic heterocycles. The molecule has 3 heterocycles. The van der Waals surface area contributed by atoms with E-state index in [2.05, 4.69) is 34.1 Å². The molecule has 5 heteroatoms. The molecule has 0 aliphatic carbocycles. The van der Waals surface area contributed by atoms with Crippen molar-refractivity contribution < 1.29 is 4.79 Å². The lowest BCUT2D eigenvalue weighted by Gasteiger charge is -2.33. The van der Waals surface area contributed by atoms with Gasteiger partial charge in [0.15, 0.2) is 0 Å². The quantitative estimate of drug-likeness (QED) is 0.911. The van der Waals surface area contributed by atoms with E-state index < -0.39 is 0 Å². The minimum Gasteiger partial charge on any atom is -0.322 e. The number of likely N-dealkylation sites (tertiary alicyclic amines) is 1. The highest BCUT2D eigenvalue weighted by atomic mass is 32.1. The van der Waals surface area contributed by atoms with Crippen molar-refractivity contribution in [3.05, 3.63) is 22.4 Å². The Morgan fingerprint density at radius 3 is 2.89 bits per heavy atom. The standard InChI is InChI=1S/C14H21N3OS/c1-16-5-2-11(3-6-16)9-17-13(18)8-15-14(17)12-4-7-19-10-12/h4,7,10-11,14-15H,2-3,5-6,8-9H2,1H3. The molecule has 2 aliphatic rings. The number of hydrogen-bond acceptors (Lipinski definition) is 4. The van der Waals surface area contributed by atoms with Crippen molar-refractivity contribution in [2.24, 2.45) is 5.92 Å². The second-order valence-corrected chi connectivity index (χ2v) is 6.41. The molecule has 1 amide bonds. The number of carbonyl (C=O) groups excluding carboxylic acids is 1. The van der Waals surface area contributed by atoms with Crippen LogP contribution < -0.4 is 5.32 Å². The topological polar surface area (TPSA) is 35.6 Å². The lowest BCUT2D eigenvalue weighted by atomic mass is 9.96. The molecule has 4 nitrogen and oxygen atoms in total. The van der Waals surface area contributed by atoms with E-state index in [4.69, 9.17) is 0 Å². The molecule has 19 heavy (non-hydrogen) atoms. The number of piperidine rings is 1. The van der Waals surface area contributed by atoms with E-state index in [1.165, 1.54) is 18.4 Å². The van der Waals surface area contributed by atoms with Crippen LogP contribution in [0.3, 0.4) is 0 Å². The molecule has 0 radical (unpaired) electrons. The number of hydrogen-bond donors (Lipinski definition) is 1. The molecule has 0 bridgehead atoms. The van der Waals surface area contributed by atoms with Crippen LogP contribution in [0.4, 0.5) is 0 Å². The molecular formula is C14H21N3OS. The Bertz CT molecular complexity index is 426. The Kier molecular flexibility index (Phi) is 3.86. The first-order valence-electron chi connectivity index (χ1n) is 6.97. The minimum atomic E-state index is 0.0957. The number of nitrogens with zero attached hydrogens (tertiary/aromatic N) is 2. The molecule has 0 saturated carbocycles. The molecule has 104 valence electrons. The van der Waals surface area contributed by atoms with Crippen molar-refractivity contribution in [1.29, 1.82) is 0 Å². The van der Waals surface area contributed by atoms with Crippen molar-refractivity contribution in [3.8, 4) is 0 Å². The van der Waals surface area contributed by atoms with E-state index in [9.17, 15) is 4.79 Å². The van der Waals surface area contributed by atoms with Gasteiger partial charge < -0.3 is 9.80 Å². The van der Waals surface area contributed by atoms with Gasteiger partial charge in [-0.15, -0.1) is 0 Å². The second kappa shape index (κ2) is 5.61. The highest BCUT2D eigenvalue weighted by molar-refractivity contribution is 7.07. The van der Waals surface area contributed by atoms with Gasteiger partial charge in [0.2, 0.25) is 5.91 Å². The van der Waals surface area contributed by atoms with Gasteiger partial charge in [-0.3, -0.25) is 10.1 Å². The fourth-order valence-corrected chi connectivity index (χ4v) is 3.68. The van der Waals surface area contributed by atoms with Gasteiger partial charge in [0.05, 0.1) is 6.54 Å². The van der Waals surface area contributed by atoms with Gasteiger partial charge in [-0.1, -0.05) is 0 Å². The van der Waals surface area contributed by atoms with Crippen molar-refractivity contribution in [1.82, 2.24) is 15.1 Å². The Balaban J connectivity index is 1.66. The van der Waals surface area contributed by atoms with Crippen LogP contribution in [0, 0.1) is 5.92 Å². The Morgan fingerprint density at radius 2 is 2.21 bits per heavy atom. The number of thiophene rings is 1. The Hall–Kier alpha value is -0.910. The SMILES string of the molecule is CN1CCC(CN2C(=O)CNC2c2ccsc2)CC1. The number of amides is 1. The molecule has 1 N–H and O–H groups in total. The lowest BCUT2D eigenvalue weighted by Crippen LogP contribution is -2.39. The first-order valence-corrected chi connectivity index (χ1v) is 7.92. The van der Waals surface area contributed by atoms with Crippen molar-refractivity contribution in [3.63, 3.8) is 0 Å². The van der Waals surface area contributed by atoms with Gasteiger partial charge >= 0.3 is 0 Å². The fraction of sp³-hybridized carbons (Fsp3) is 0.643. The summed E-state index contributed by atoms with van der Waals surface area (Å²) in [4.78, 5) is 16.5. The zero-order valence-electron chi connectivity index (χ0n) is 11.3. The van der Waals surface area contributed by atoms with Crippen LogP contribution in [0.15, 0.2) is 16.8 Å². The maximum absolute atomic E-state index is 12.1. The summed E-state index contributed by atoms with van der Waals surface area (Å²) >= 11 is 1.69. The van der Waals surface area contributed by atoms with Crippen molar-refractivity contribution in [2.45, 2.75) is 19.0 Å². The zero-order chi connectivity index (χ0) is 13.2. The number of carbonyl (C=O) groups is 1. The molecule has 0 spiro atoms. The zero-order valence-corrected chi connectivity index (χ0v) is 12.2. The maximum atomic E-state index is 12.1. The van der Waals surface area contributed by atoms with Crippen LogP contribution in [0.1, 0.15) is 24.6 Å². The average molecular weight is 279 g/mol. The van der Waals surface area contributed by atoms with Gasteiger partial charge in [0.1, 0.15) is 6.17 Å². The monoisotopic (exact) mass is 279 g/mol. The number of rotatable bonds is 3. The third-order valence-corrected chi connectivity index (χ3v) is 4.93. The van der Waals surface area contributed by atoms with Crippen LogP contribution in [-0.2, 0) is 4.79 Å². The first-order chi connectivity index (χ1) is 9.24. The highest BCUT2D eigenvalue weighted by Gasteiger charge is 2.33. The summed E-state index contributed by atoms with van der Waals surface area (Å²) in [6, 6.07) is 2.11. The van der Waals surface area contributed by atoms with Crippen LogP contribution in [-0.4, -0.2) is 48.9 Å². The largest absolute Gasteiger partial charge is 0.322 e. The molecule has 3 rings (SSSR count). The van der Waals surface area contributed by atoms with E-state index in [1.807, 2.05) is 4.90 Å². The van der Waals surface area contributed by atoms with Gasteiger partial charge in [-0.2, -0.15) is 11.3 Å². The van der Waals surface area contributed by atoms with E-state index in [0.717, 1.165) is 19.6 Å². The molecule has 1 aromatic rings. The van der Waals surface area contributed by atoms with Crippen LogP contribution in [0.25, 0.3) is 0 Å². The maximum Gasteiger partial charge on any atom is 0.238 e. The summed E-state index contributed by atoms with van der Waals surface area (Å²) in [7, 11) is 2.17. The normalized spacial score (nSPS) is 26.3. The fourth-order valence-electron chi connectivity index (χ4n) is 3.00. The minimum absolute atomic E-state index is 0.0957. The van der Waals surface area contributed by atoms with Gasteiger partial charge in [0, 0.05) is 6.54 Å². The highest BCUT2D eigenvalue weighted by Crippen LogP contribution is 2.27. The van der Waals surface area contributed by atoms with E-state index in [-0.39, 0.29) is 12.1 Å². The van der Waals surface area contributed by atoms with Gasteiger partial charge in [0.25, 0.3) is 0 Å². The summed E-state index contributed by atoms with van der Waals surface area (Å²) in [5.41, 5.74) is 1.23. The molecule has 1 atom stereocenters. The molecule has 2 fully saturated rings. The molecule has 2 aliphatic heterocycles. The Labute approximate surface area is 118 Å². The lowest BCUT2D eigenvalue weighted by molar-refractivity contribution is -0.128. The molecule has 1 unspecified atom stereocenters. The van der Waals surface area contributed by atoms with Crippen LogP contribution in [0.5, 0.6) is 0 Å². The Morgan fingerprint density at radius 1 is 1.42 bits per heavy atom. The average Bonchev–Trinajstić information content (AvgIpc) is 3.03. The molecule has 0 aromatic carbocycles. The van der Waals surface area contributed by atoms with E-state index >= 15 is 0 Å². The third-order valence-electron chi connectivity index (χ3n) is 4.23. The van der Waals surface area contributed by atoms with E-state index in [0.29, 0.717) is 12.5 Å². The van der Waals surface area contributed by atoms with Gasteiger partial charge in [-0.05, 0) is 61.3 Å². The summed E-state index contributed by atoms with van der Waals surface area (Å²) < 4.78 is 0. The second-order valence-electron chi connectivity index (χ2n) is 5.63. The van der Waals surface area contributed by atoms with Crippen molar-refractivity contribution >= 4 is 17.2 Å². The molecular weight excluding hydrogens is 258 g/mol. The predicted octanol–water partition coefficient (Wildman–Crippen LogP) is 1.52. The summed E-state index contributed by atoms with van der Waals surface area (Å²) in [5.74, 6) is 0.899. The summed E-state index contributed by atoms with van der Waals surface area (Å²) in [5, 5.41) is 7.54. The van der Waals surface area contributed by atoms with Gasteiger partial charge in [-0.25, -0.2) is 0 Å². The van der Waals surface area contributed by atoms with Crippen LogP contribution >= 0.6 is 11.3 Å². The molecule has 2 saturated heterocycles. The summed E-state index contributed by atoms with van der Waals surface area (Å²) in [6.45, 7) is 3.69. The third kappa shape index (κ3) is 2.83. The first kappa shape index (κ1) is 13.1. The predicted molar refractivity (Wildman–Crippen MR) is 77.0 cm³/mol.